The maximum atomic E-state index is 5.30. The maximum Gasteiger partial charge on any atom is 0.231 e. The summed E-state index contributed by atoms with van der Waals surface area (Å²) >= 11 is 5.30. The van der Waals surface area contributed by atoms with Gasteiger partial charge in [-0.1, -0.05) is 6.92 Å². The smallest absolute Gasteiger partial charge is 0.231 e. The average Bonchev–Trinajstić information content (AvgIpc) is 3.21. The van der Waals surface area contributed by atoms with Crippen LogP contribution in [0.5, 0.6) is 0 Å². The lowest BCUT2D eigenvalue weighted by Gasteiger charge is -2.32. The molecule has 2 aliphatic rings. The van der Waals surface area contributed by atoms with Crippen LogP contribution >= 0.6 is 12.2 Å². The number of aryl methyl sites for hydroxylation is 1. The molecule has 1 aromatic rings. The Bertz CT molecular complexity index is 529. The van der Waals surface area contributed by atoms with E-state index in [1.165, 1.54) is 25.7 Å². The summed E-state index contributed by atoms with van der Waals surface area (Å²) in [7, 11) is 0. The van der Waals surface area contributed by atoms with Gasteiger partial charge in [0.25, 0.3) is 0 Å². The van der Waals surface area contributed by atoms with Gasteiger partial charge in [-0.3, -0.25) is 0 Å². The third-order valence-electron chi connectivity index (χ3n) is 3.96. The summed E-state index contributed by atoms with van der Waals surface area (Å²) in [5, 5.41) is 7.00. The van der Waals surface area contributed by atoms with Crippen molar-refractivity contribution in [3.63, 3.8) is 0 Å². The summed E-state index contributed by atoms with van der Waals surface area (Å²) in [5.74, 6) is 2.33. The molecule has 1 unspecified atom stereocenters. The van der Waals surface area contributed by atoms with Gasteiger partial charge < -0.3 is 15.5 Å². The fraction of sp³-hybridized carbons (Fsp3) is 0.667. The van der Waals surface area contributed by atoms with Crippen LogP contribution in [0.1, 0.15) is 38.3 Å². The van der Waals surface area contributed by atoms with Crippen LogP contribution in [0.2, 0.25) is 0 Å². The van der Waals surface area contributed by atoms with Gasteiger partial charge in [0, 0.05) is 30.9 Å². The van der Waals surface area contributed by atoms with Crippen molar-refractivity contribution in [3.05, 3.63) is 11.8 Å². The zero-order valence-corrected chi connectivity index (χ0v) is 13.5. The largest absolute Gasteiger partial charge is 0.360 e. The van der Waals surface area contributed by atoms with E-state index in [0.717, 1.165) is 30.5 Å². The molecular weight excluding hydrogens is 282 g/mol. The van der Waals surface area contributed by atoms with Gasteiger partial charge in [-0.25, -0.2) is 4.98 Å². The van der Waals surface area contributed by atoms with E-state index < -0.39 is 0 Å². The second-order valence-corrected chi connectivity index (χ2v) is 6.67. The number of nitrogens with zero attached hydrogens (tertiary/aromatic N) is 3. The van der Waals surface area contributed by atoms with E-state index >= 15 is 0 Å². The van der Waals surface area contributed by atoms with Crippen molar-refractivity contribution < 1.29 is 0 Å². The van der Waals surface area contributed by atoms with Crippen LogP contribution in [0.4, 0.5) is 11.8 Å². The number of nitrogens with one attached hydrogen (secondary N) is 2. The number of hydrogen-bond acceptors (Lipinski definition) is 4. The standard InChI is InChI=1S/C15H23N5S/c1-10-4-3-7-20(9-10)13-8-11(2)16-14(18-13)19-15(21)17-12-5-6-12/h8,10,12H,3-7,9H2,1-2H3,(H2,16,17,18,19,21). The Hall–Kier alpha value is -1.43. The Kier molecular flexibility index (Phi) is 4.24. The van der Waals surface area contributed by atoms with Crippen molar-refractivity contribution in [1.82, 2.24) is 15.3 Å². The molecule has 2 fully saturated rings. The van der Waals surface area contributed by atoms with Gasteiger partial charge >= 0.3 is 0 Å². The number of aromatic nitrogens is 2. The predicted molar refractivity (Wildman–Crippen MR) is 89.8 cm³/mol. The highest BCUT2D eigenvalue weighted by molar-refractivity contribution is 7.80. The molecule has 0 radical (unpaired) electrons. The summed E-state index contributed by atoms with van der Waals surface area (Å²) in [6, 6.07) is 2.60. The lowest BCUT2D eigenvalue weighted by atomic mass is 10.0. The quantitative estimate of drug-likeness (QED) is 0.837. The summed E-state index contributed by atoms with van der Waals surface area (Å²) in [4.78, 5) is 11.4. The first kappa shape index (κ1) is 14.5. The molecule has 21 heavy (non-hydrogen) atoms. The molecular formula is C15H23N5S. The van der Waals surface area contributed by atoms with Crippen LogP contribution < -0.4 is 15.5 Å². The minimum absolute atomic E-state index is 0.539. The van der Waals surface area contributed by atoms with Crippen LogP contribution in [0.15, 0.2) is 6.07 Å². The molecule has 5 nitrogen and oxygen atoms in total. The van der Waals surface area contributed by atoms with E-state index in [-0.39, 0.29) is 0 Å². The van der Waals surface area contributed by atoms with Gasteiger partial charge in [0.15, 0.2) is 5.11 Å². The molecule has 1 saturated carbocycles. The average molecular weight is 305 g/mol. The number of piperidine rings is 1. The molecule has 1 aliphatic heterocycles. The van der Waals surface area contributed by atoms with Crippen molar-refractivity contribution in [2.75, 3.05) is 23.3 Å². The van der Waals surface area contributed by atoms with Crippen LogP contribution in [0.25, 0.3) is 0 Å². The number of rotatable bonds is 3. The second kappa shape index (κ2) is 6.13. The molecule has 3 rings (SSSR count). The second-order valence-electron chi connectivity index (χ2n) is 6.26. The molecule has 1 atom stereocenters. The van der Waals surface area contributed by atoms with Gasteiger partial charge in [0.1, 0.15) is 5.82 Å². The first-order valence-corrected chi connectivity index (χ1v) is 8.19. The first-order chi connectivity index (χ1) is 10.1. The fourth-order valence-electron chi connectivity index (χ4n) is 2.72. The lowest BCUT2D eigenvalue weighted by Crippen LogP contribution is -2.35. The molecule has 0 spiro atoms. The van der Waals surface area contributed by atoms with Gasteiger partial charge in [0.05, 0.1) is 0 Å². The summed E-state index contributed by atoms with van der Waals surface area (Å²) in [6.07, 6.45) is 4.94. The van der Waals surface area contributed by atoms with E-state index in [2.05, 4.69) is 38.5 Å². The van der Waals surface area contributed by atoms with E-state index in [9.17, 15) is 0 Å². The van der Waals surface area contributed by atoms with Crippen LogP contribution in [-0.4, -0.2) is 34.2 Å². The Morgan fingerprint density at radius 2 is 2.14 bits per heavy atom. The third-order valence-corrected chi connectivity index (χ3v) is 4.18. The normalized spacial score (nSPS) is 22.0. The molecule has 1 aromatic heterocycles. The molecule has 6 heteroatoms. The number of hydrogen-bond donors (Lipinski definition) is 2. The summed E-state index contributed by atoms with van der Waals surface area (Å²) in [6.45, 7) is 6.45. The molecule has 0 aromatic carbocycles. The fourth-order valence-corrected chi connectivity index (χ4v) is 2.98. The van der Waals surface area contributed by atoms with Crippen molar-refractivity contribution in [3.8, 4) is 0 Å². The van der Waals surface area contributed by atoms with Crippen LogP contribution in [-0.2, 0) is 0 Å². The van der Waals surface area contributed by atoms with Gasteiger partial charge in [0.2, 0.25) is 5.95 Å². The van der Waals surface area contributed by atoms with Crippen LogP contribution in [0.3, 0.4) is 0 Å². The molecule has 1 aliphatic carbocycles. The Balaban J connectivity index is 1.70. The topological polar surface area (TPSA) is 53.1 Å². The summed E-state index contributed by atoms with van der Waals surface area (Å²) in [5.41, 5.74) is 0.968. The van der Waals surface area contributed by atoms with E-state index in [0.29, 0.717) is 17.1 Å². The highest BCUT2D eigenvalue weighted by atomic mass is 32.1. The van der Waals surface area contributed by atoms with E-state index in [4.69, 9.17) is 12.2 Å². The SMILES string of the molecule is Cc1cc(N2CCCC(C)C2)nc(NC(=S)NC2CC2)n1. The zero-order chi connectivity index (χ0) is 14.8. The van der Waals surface area contributed by atoms with Crippen molar-refractivity contribution in [2.24, 2.45) is 5.92 Å². The van der Waals surface area contributed by atoms with Crippen molar-refractivity contribution in [1.29, 1.82) is 0 Å². The Labute approximate surface area is 131 Å². The highest BCUT2D eigenvalue weighted by Gasteiger charge is 2.22. The monoisotopic (exact) mass is 305 g/mol. The molecule has 0 amide bonds. The minimum atomic E-state index is 0.539. The van der Waals surface area contributed by atoms with Crippen molar-refractivity contribution >= 4 is 29.1 Å². The minimum Gasteiger partial charge on any atom is -0.360 e. The molecule has 1 saturated heterocycles. The predicted octanol–water partition coefficient (Wildman–Crippen LogP) is 2.47. The highest BCUT2D eigenvalue weighted by Crippen LogP contribution is 2.23. The molecule has 0 bridgehead atoms. The first-order valence-electron chi connectivity index (χ1n) is 7.78. The molecule has 2 heterocycles. The van der Waals surface area contributed by atoms with Gasteiger partial charge in [-0.05, 0) is 50.7 Å². The van der Waals surface area contributed by atoms with Crippen LogP contribution in [0, 0.1) is 12.8 Å². The molecule has 114 valence electrons. The zero-order valence-electron chi connectivity index (χ0n) is 12.7. The lowest BCUT2D eigenvalue weighted by molar-refractivity contribution is 0.444. The number of thiocarbonyl (C=S) groups is 1. The van der Waals surface area contributed by atoms with Gasteiger partial charge in [-0.2, -0.15) is 4.98 Å². The van der Waals surface area contributed by atoms with Gasteiger partial charge in [-0.15, -0.1) is 0 Å². The Morgan fingerprint density at radius 1 is 1.33 bits per heavy atom. The Morgan fingerprint density at radius 3 is 2.86 bits per heavy atom. The van der Waals surface area contributed by atoms with Crippen molar-refractivity contribution in [2.45, 2.75) is 45.6 Å². The van der Waals surface area contributed by atoms with E-state index in [1.807, 2.05) is 6.92 Å². The molecule has 2 N–H and O–H groups in total. The third kappa shape index (κ3) is 4.03. The van der Waals surface area contributed by atoms with E-state index in [1.54, 1.807) is 0 Å². The summed E-state index contributed by atoms with van der Waals surface area (Å²) < 4.78 is 0. The number of anilines is 2. The maximum absolute atomic E-state index is 5.30.